The third-order valence-electron chi connectivity index (χ3n) is 5.24. The summed E-state index contributed by atoms with van der Waals surface area (Å²) in [6, 6.07) is 8.12. The predicted octanol–water partition coefficient (Wildman–Crippen LogP) is 4.94. The maximum absolute atomic E-state index is 12.9. The monoisotopic (exact) mass is 411 g/mol. The van der Waals surface area contributed by atoms with Crippen molar-refractivity contribution in [3.05, 3.63) is 58.6 Å². The van der Waals surface area contributed by atoms with E-state index in [4.69, 9.17) is 9.15 Å². The lowest BCUT2D eigenvalue weighted by atomic mass is 9.95. The van der Waals surface area contributed by atoms with Gasteiger partial charge in [0.25, 0.3) is 11.7 Å². The van der Waals surface area contributed by atoms with E-state index in [0.717, 1.165) is 11.3 Å². The second-order valence-electron chi connectivity index (χ2n) is 7.78. The normalized spacial score (nSPS) is 18.5. The van der Waals surface area contributed by atoms with Crippen LogP contribution in [0.2, 0.25) is 0 Å². The van der Waals surface area contributed by atoms with Crippen LogP contribution in [-0.4, -0.2) is 34.8 Å². The van der Waals surface area contributed by atoms with Gasteiger partial charge in [-0.1, -0.05) is 20.8 Å². The van der Waals surface area contributed by atoms with Gasteiger partial charge in [0.2, 0.25) is 0 Å². The fraction of sp³-hybridized carbons (Fsp3) is 0.417. The lowest BCUT2D eigenvalue weighted by Crippen LogP contribution is -2.30. The molecule has 160 valence electrons. The van der Waals surface area contributed by atoms with Crippen LogP contribution in [0.4, 0.5) is 0 Å². The number of nitrogens with zero attached hydrogens (tertiary/aromatic N) is 1. The number of ether oxygens (including phenoxy) is 1. The zero-order chi connectivity index (χ0) is 22.0. The van der Waals surface area contributed by atoms with Crippen molar-refractivity contribution >= 4 is 17.4 Å². The van der Waals surface area contributed by atoms with Crippen molar-refractivity contribution in [2.75, 3.05) is 13.2 Å². The second-order valence-corrected chi connectivity index (χ2v) is 7.78. The number of aliphatic hydroxyl groups is 1. The number of rotatable bonds is 7. The highest BCUT2D eigenvalue weighted by Crippen LogP contribution is 2.41. The van der Waals surface area contributed by atoms with E-state index in [-0.39, 0.29) is 17.3 Å². The predicted molar refractivity (Wildman–Crippen MR) is 114 cm³/mol. The molecule has 0 saturated carbocycles. The lowest BCUT2D eigenvalue weighted by Gasteiger charge is -2.22. The van der Waals surface area contributed by atoms with Gasteiger partial charge in [-0.2, -0.15) is 0 Å². The van der Waals surface area contributed by atoms with Gasteiger partial charge in [0.15, 0.2) is 0 Å². The molecule has 1 unspecified atom stereocenters. The van der Waals surface area contributed by atoms with Crippen LogP contribution in [0.1, 0.15) is 68.7 Å². The molecule has 0 bridgehead atoms. The molecule has 1 aromatic heterocycles. The highest BCUT2D eigenvalue weighted by atomic mass is 16.5. The Kier molecular flexibility index (Phi) is 6.34. The molecule has 1 aliphatic rings. The van der Waals surface area contributed by atoms with Crippen molar-refractivity contribution in [1.29, 1.82) is 0 Å². The van der Waals surface area contributed by atoms with Gasteiger partial charge in [-0.3, -0.25) is 9.59 Å². The van der Waals surface area contributed by atoms with Crippen LogP contribution in [0.15, 0.2) is 40.3 Å². The molecule has 1 aromatic carbocycles. The highest BCUT2D eigenvalue weighted by molar-refractivity contribution is 6.46. The molecule has 0 spiro atoms. The van der Waals surface area contributed by atoms with Gasteiger partial charge >= 0.3 is 0 Å². The number of benzene rings is 1. The molecule has 2 heterocycles. The number of carbonyl (C=O) groups excluding carboxylic acids is 2. The number of likely N-dealkylation sites (tertiary alicyclic amines) is 1. The third-order valence-corrected chi connectivity index (χ3v) is 5.24. The Hall–Kier alpha value is -3.02. The minimum Gasteiger partial charge on any atom is -0.507 e. The molecule has 3 rings (SSSR count). The number of amides is 1. The van der Waals surface area contributed by atoms with E-state index < -0.39 is 17.7 Å². The first-order valence-corrected chi connectivity index (χ1v) is 10.4. The quantitative estimate of drug-likeness (QED) is 0.396. The topological polar surface area (TPSA) is 80.0 Å². The van der Waals surface area contributed by atoms with Crippen LogP contribution >= 0.6 is 0 Å². The molecule has 1 amide bonds. The summed E-state index contributed by atoms with van der Waals surface area (Å²) in [6.45, 7) is 10.7. The molecule has 1 atom stereocenters. The maximum Gasteiger partial charge on any atom is 0.295 e. The molecule has 0 aliphatic carbocycles. The number of aryl methyl sites for hydroxylation is 1. The summed E-state index contributed by atoms with van der Waals surface area (Å²) < 4.78 is 11.5. The third kappa shape index (κ3) is 3.86. The van der Waals surface area contributed by atoms with Gasteiger partial charge in [0.05, 0.1) is 12.2 Å². The van der Waals surface area contributed by atoms with Crippen LogP contribution < -0.4 is 4.74 Å². The number of Topliss-reactive ketones (excluding diaryl/α,β-unsaturated/α-hetero) is 1. The summed E-state index contributed by atoms with van der Waals surface area (Å²) in [6.07, 6.45) is 0.684. The van der Waals surface area contributed by atoms with E-state index in [1.54, 1.807) is 31.2 Å². The van der Waals surface area contributed by atoms with Crippen LogP contribution in [0.3, 0.4) is 0 Å². The SMILES string of the molecule is CCCN1C(=O)C(=O)/C(=C(\O)c2ccc(OCC)c(C(C)C)c2)C1c1ccc(C)o1. The number of carbonyl (C=O) groups is 2. The minimum absolute atomic E-state index is 0.0571. The minimum atomic E-state index is -0.743. The average Bonchev–Trinajstić information content (AvgIpc) is 3.24. The first kappa shape index (κ1) is 21.7. The van der Waals surface area contributed by atoms with E-state index in [1.165, 1.54) is 4.90 Å². The molecule has 0 radical (unpaired) electrons. The van der Waals surface area contributed by atoms with Crippen LogP contribution in [0, 0.1) is 6.92 Å². The standard InChI is InChI=1S/C24H29NO5/c1-6-12-25-21(19-10-8-15(5)30-19)20(23(27)24(25)28)22(26)16-9-11-18(29-7-2)17(13-16)14(3)4/h8-11,13-14,21,26H,6-7,12H2,1-5H3/b22-20-. The molecule has 1 N–H and O–H groups in total. The smallest absolute Gasteiger partial charge is 0.295 e. The highest BCUT2D eigenvalue weighted by Gasteiger charge is 2.47. The van der Waals surface area contributed by atoms with E-state index in [1.807, 2.05) is 33.8 Å². The van der Waals surface area contributed by atoms with Crippen LogP contribution in [0.5, 0.6) is 5.75 Å². The summed E-state index contributed by atoms with van der Waals surface area (Å²) in [4.78, 5) is 27.1. The molecule has 1 aliphatic heterocycles. The van der Waals surface area contributed by atoms with Gasteiger partial charge in [0.1, 0.15) is 29.1 Å². The zero-order valence-electron chi connectivity index (χ0n) is 18.2. The second kappa shape index (κ2) is 8.78. The summed E-state index contributed by atoms with van der Waals surface area (Å²) >= 11 is 0. The average molecular weight is 411 g/mol. The molecule has 2 aromatic rings. The molecule has 1 fully saturated rings. The van der Waals surface area contributed by atoms with Crippen LogP contribution in [0.25, 0.3) is 5.76 Å². The molecule has 6 heteroatoms. The number of furan rings is 1. The van der Waals surface area contributed by atoms with Crippen LogP contribution in [-0.2, 0) is 9.59 Å². The Balaban J connectivity index is 2.17. The largest absolute Gasteiger partial charge is 0.507 e. The molecule has 1 saturated heterocycles. The molecular weight excluding hydrogens is 382 g/mol. The first-order chi connectivity index (χ1) is 14.3. The van der Waals surface area contributed by atoms with Crippen molar-refractivity contribution in [1.82, 2.24) is 4.90 Å². The Morgan fingerprint density at radius 1 is 1.20 bits per heavy atom. The molecule has 30 heavy (non-hydrogen) atoms. The molecule has 6 nitrogen and oxygen atoms in total. The van der Waals surface area contributed by atoms with Crippen molar-refractivity contribution in [2.24, 2.45) is 0 Å². The van der Waals surface area contributed by atoms with Gasteiger partial charge in [0, 0.05) is 12.1 Å². The lowest BCUT2D eigenvalue weighted by molar-refractivity contribution is -0.140. The van der Waals surface area contributed by atoms with E-state index in [0.29, 0.717) is 36.7 Å². The van der Waals surface area contributed by atoms with E-state index in [2.05, 4.69) is 0 Å². The van der Waals surface area contributed by atoms with Crippen molar-refractivity contribution < 1.29 is 23.8 Å². The summed E-state index contributed by atoms with van der Waals surface area (Å²) in [5.74, 6) is 0.536. The fourth-order valence-corrected chi connectivity index (χ4v) is 3.84. The van der Waals surface area contributed by atoms with Crippen molar-refractivity contribution in [3.63, 3.8) is 0 Å². The number of hydrogen-bond donors (Lipinski definition) is 1. The van der Waals surface area contributed by atoms with Gasteiger partial charge in [-0.15, -0.1) is 0 Å². The van der Waals surface area contributed by atoms with Gasteiger partial charge in [-0.05, 0) is 62.1 Å². The number of hydrogen-bond acceptors (Lipinski definition) is 5. The Morgan fingerprint density at radius 3 is 2.50 bits per heavy atom. The van der Waals surface area contributed by atoms with E-state index in [9.17, 15) is 14.7 Å². The first-order valence-electron chi connectivity index (χ1n) is 10.4. The van der Waals surface area contributed by atoms with Gasteiger partial charge < -0.3 is 19.2 Å². The van der Waals surface area contributed by atoms with Crippen molar-refractivity contribution in [2.45, 2.75) is 53.0 Å². The summed E-state index contributed by atoms with van der Waals surface area (Å²) in [5, 5.41) is 11.2. The van der Waals surface area contributed by atoms with Crippen molar-refractivity contribution in [3.8, 4) is 5.75 Å². The number of ketones is 1. The Morgan fingerprint density at radius 2 is 1.93 bits per heavy atom. The maximum atomic E-state index is 12.9. The zero-order valence-corrected chi connectivity index (χ0v) is 18.2. The summed E-state index contributed by atoms with van der Waals surface area (Å²) in [7, 11) is 0. The fourth-order valence-electron chi connectivity index (χ4n) is 3.84. The van der Waals surface area contributed by atoms with Gasteiger partial charge in [-0.25, -0.2) is 0 Å². The van der Waals surface area contributed by atoms with E-state index >= 15 is 0 Å². The Labute approximate surface area is 177 Å². The Bertz CT molecular complexity index is 985. The summed E-state index contributed by atoms with van der Waals surface area (Å²) in [5.41, 5.74) is 1.46. The molecular formula is C24H29NO5. The number of aliphatic hydroxyl groups excluding tert-OH is 1.